The molecule has 0 bridgehead atoms. The fraction of sp³-hybridized carbons (Fsp3) is 0.182. The normalized spacial score (nSPS) is 12.4. The van der Waals surface area contributed by atoms with E-state index < -0.39 is 0 Å². The maximum absolute atomic E-state index is 11.7. The first-order chi connectivity index (χ1) is 7.66. The minimum absolute atomic E-state index is 0.0740. The van der Waals surface area contributed by atoms with Gasteiger partial charge in [-0.2, -0.15) is 0 Å². The van der Waals surface area contributed by atoms with Gasteiger partial charge in [0.1, 0.15) is 0 Å². The lowest BCUT2D eigenvalue weighted by Gasteiger charge is -2.10. The molecule has 2 aromatic rings. The average Bonchev–Trinajstić information content (AvgIpc) is 2.87. The van der Waals surface area contributed by atoms with Crippen molar-refractivity contribution in [2.45, 2.75) is 13.0 Å². The van der Waals surface area contributed by atoms with Crippen LogP contribution in [0.2, 0.25) is 4.34 Å². The molecule has 0 radical (unpaired) electrons. The molecule has 0 spiro atoms. The quantitative estimate of drug-likeness (QED) is 0.912. The molecule has 2 rings (SSSR count). The van der Waals surface area contributed by atoms with Crippen LogP contribution in [0.1, 0.15) is 28.4 Å². The van der Waals surface area contributed by atoms with Gasteiger partial charge in [0.05, 0.1) is 16.6 Å². The Kier molecular flexibility index (Phi) is 3.31. The Labute approximate surface area is 102 Å². The zero-order valence-electron chi connectivity index (χ0n) is 8.57. The van der Waals surface area contributed by atoms with Gasteiger partial charge in [-0.15, -0.1) is 11.3 Å². The maximum Gasteiger partial charge on any atom is 0.287 e. The summed E-state index contributed by atoms with van der Waals surface area (Å²) in [6, 6.07) is 6.96. The largest absolute Gasteiger partial charge is 0.459 e. The summed E-state index contributed by atoms with van der Waals surface area (Å²) in [5.41, 5.74) is 0. The number of halogens is 1. The molecule has 0 aromatic carbocycles. The van der Waals surface area contributed by atoms with E-state index in [1.165, 1.54) is 17.6 Å². The highest BCUT2D eigenvalue weighted by molar-refractivity contribution is 7.16. The minimum Gasteiger partial charge on any atom is -0.459 e. The van der Waals surface area contributed by atoms with E-state index in [0.717, 1.165) is 4.88 Å². The summed E-state index contributed by atoms with van der Waals surface area (Å²) in [7, 11) is 0. The number of rotatable bonds is 3. The van der Waals surface area contributed by atoms with Gasteiger partial charge in [-0.3, -0.25) is 4.79 Å². The van der Waals surface area contributed by atoms with Crippen LogP contribution in [0.15, 0.2) is 34.9 Å². The molecule has 84 valence electrons. The molecule has 2 aromatic heterocycles. The van der Waals surface area contributed by atoms with Gasteiger partial charge in [-0.1, -0.05) is 11.6 Å². The molecular formula is C11H10ClNO2S. The van der Waals surface area contributed by atoms with Crippen LogP contribution < -0.4 is 5.32 Å². The minimum atomic E-state index is -0.220. The first-order valence-electron chi connectivity index (χ1n) is 4.76. The summed E-state index contributed by atoms with van der Waals surface area (Å²) in [5.74, 6) is 0.0940. The summed E-state index contributed by atoms with van der Waals surface area (Å²) < 4.78 is 5.72. The molecule has 0 aliphatic heterocycles. The highest BCUT2D eigenvalue weighted by atomic mass is 35.5. The summed E-state index contributed by atoms with van der Waals surface area (Å²) in [5, 5.41) is 2.83. The lowest BCUT2D eigenvalue weighted by atomic mass is 10.2. The molecule has 1 atom stereocenters. The molecule has 3 nitrogen and oxygen atoms in total. The topological polar surface area (TPSA) is 42.2 Å². The Hall–Kier alpha value is -1.26. The van der Waals surface area contributed by atoms with Crippen LogP contribution in [0.4, 0.5) is 0 Å². The SMILES string of the molecule is CC(NC(=O)c1ccco1)c1ccc(Cl)s1. The van der Waals surface area contributed by atoms with Crippen molar-refractivity contribution in [1.82, 2.24) is 5.32 Å². The number of thiophene rings is 1. The second-order valence-corrected chi connectivity index (χ2v) is 5.06. The van der Waals surface area contributed by atoms with Gasteiger partial charge in [-0.05, 0) is 31.2 Å². The maximum atomic E-state index is 11.7. The second-order valence-electron chi connectivity index (χ2n) is 3.31. The zero-order valence-corrected chi connectivity index (χ0v) is 10.1. The van der Waals surface area contributed by atoms with Crippen LogP contribution in [0.5, 0.6) is 0 Å². The number of amides is 1. The van der Waals surface area contributed by atoms with E-state index in [-0.39, 0.29) is 11.9 Å². The molecule has 5 heteroatoms. The Morgan fingerprint density at radius 2 is 2.31 bits per heavy atom. The first-order valence-corrected chi connectivity index (χ1v) is 5.96. The predicted octanol–water partition coefficient (Wildman–Crippen LogP) is 3.49. The van der Waals surface area contributed by atoms with E-state index in [4.69, 9.17) is 16.0 Å². The number of carbonyl (C=O) groups excluding carboxylic acids is 1. The summed E-state index contributed by atoms with van der Waals surface area (Å²) >= 11 is 7.28. The van der Waals surface area contributed by atoms with Gasteiger partial charge in [0.15, 0.2) is 5.76 Å². The average molecular weight is 256 g/mol. The lowest BCUT2D eigenvalue weighted by molar-refractivity contribution is 0.0912. The van der Waals surface area contributed by atoms with Gasteiger partial charge in [0.2, 0.25) is 0 Å². The van der Waals surface area contributed by atoms with Gasteiger partial charge < -0.3 is 9.73 Å². The highest BCUT2D eigenvalue weighted by Gasteiger charge is 2.14. The van der Waals surface area contributed by atoms with Crippen molar-refractivity contribution < 1.29 is 9.21 Å². The lowest BCUT2D eigenvalue weighted by Crippen LogP contribution is -2.25. The smallest absolute Gasteiger partial charge is 0.287 e. The van der Waals surface area contributed by atoms with Gasteiger partial charge >= 0.3 is 0 Å². The van der Waals surface area contributed by atoms with E-state index in [1.54, 1.807) is 12.1 Å². The number of carbonyl (C=O) groups is 1. The van der Waals surface area contributed by atoms with Crippen molar-refractivity contribution >= 4 is 28.8 Å². The van der Waals surface area contributed by atoms with Gasteiger partial charge in [-0.25, -0.2) is 0 Å². The van der Waals surface area contributed by atoms with Gasteiger partial charge in [0, 0.05) is 4.88 Å². The standard InChI is InChI=1S/C11H10ClNO2S/c1-7(9-4-5-10(12)16-9)13-11(14)8-3-2-6-15-8/h2-7H,1H3,(H,13,14). The monoisotopic (exact) mass is 255 g/mol. The molecule has 1 amide bonds. The van der Waals surface area contributed by atoms with Crippen molar-refractivity contribution in [2.24, 2.45) is 0 Å². The van der Waals surface area contributed by atoms with Crippen LogP contribution >= 0.6 is 22.9 Å². The van der Waals surface area contributed by atoms with Crippen molar-refractivity contribution in [2.75, 3.05) is 0 Å². The number of nitrogens with one attached hydrogen (secondary N) is 1. The molecule has 0 saturated heterocycles. The Morgan fingerprint density at radius 1 is 1.50 bits per heavy atom. The zero-order chi connectivity index (χ0) is 11.5. The summed E-state index contributed by atoms with van der Waals surface area (Å²) in [4.78, 5) is 12.7. The fourth-order valence-electron chi connectivity index (χ4n) is 1.31. The molecular weight excluding hydrogens is 246 g/mol. The Bertz CT molecular complexity index is 478. The predicted molar refractivity (Wildman–Crippen MR) is 63.9 cm³/mol. The number of furan rings is 1. The van der Waals surface area contributed by atoms with E-state index in [0.29, 0.717) is 10.1 Å². The molecule has 16 heavy (non-hydrogen) atoms. The molecule has 2 heterocycles. The van der Waals surface area contributed by atoms with E-state index >= 15 is 0 Å². The molecule has 0 aliphatic carbocycles. The van der Waals surface area contributed by atoms with E-state index in [2.05, 4.69) is 5.32 Å². The Morgan fingerprint density at radius 3 is 2.88 bits per heavy atom. The third-order valence-corrected chi connectivity index (χ3v) is 3.53. The first kappa shape index (κ1) is 11.2. The van der Waals surface area contributed by atoms with Crippen LogP contribution in [0.25, 0.3) is 0 Å². The highest BCUT2D eigenvalue weighted by Crippen LogP contribution is 2.26. The third kappa shape index (κ3) is 2.46. The van der Waals surface area contributed by atoms with Crippen LogP contribution in [0.3, 0.4) is 0 Å². The molecule has 0 saturated carbocycles. The van der Waals surface area contributed by atoms with E-state index in [1.807, 2.05) is 19.1 Å². The van der Waals surface area contributed by atoms with Crippen molar-refractivity contribution in [3.8, 4) is 0 Å². The van der Waals surface area contributed by atoms with Crippen molar-refractivity contribution in [3.63, 3.8) is 0 Å². The summed E-state index contributed by atoms with van der Waals surface area (Å²) in [6.45, 7) is 1.91. The number of hydrogen-bond donors (Lipinski definition) is 1. The molecule has 0 aliphatic rings. The van der Waals surface area contributed by atoms with Crippen LogP contribution in [0, 0.1) is 0 Å². The molecule has 1 N–H and O–H groups in total. The molecule has 0 fully saturated rings. The second kappa shape index (κ2) is 4.72. The van der Waals surface area contributed by atoms with Crippen molar-refractivity contribution in [1.29, 1.82) is 0 Å². The third-order valence-electron chi connectivity index (χ3n) is 2.11. The fourth-order valence-corrected chi connectivity index (χ4v) is 2.37. The van der Waals surface area contributed by atoms with E-state index in [9.17, 15) is 4.79 Å². The van der Waals surface area contributed by atoms with Crippen LogP contribution in [-0.4, -0.2) is 5.91 Å². The van der Waals surface area contributed by atoms with Crippen LogP contribution in [-0.2, 0) is 0 Å². The number of hydrogen-bond acceptors (Lipinski definition) is 3. The Balaban J connectivity index is 2.03. The summed E-state index contributed by atoms with van der Waals surface area (Å²) in [6.07, 6.45) is 1.47. The molecule has 1 unspecified atom stereocenters. The van der Waals surface area contributed by atoms with Gasteiger partial charge in [0.25, 0.3) is 5.91 Å². The van der Waals surface area contributed by atoms with Crippen molar-refractivity contribution in [3.05, 3.63) is 45.5 Å².